The highest BCUT2D eigenvalue weighted by Crippen LogP contribution is 2.34. The van der Waals surface area contributed by atoms with E-state index in [0.29, 0.717) is 17.2 Å². The van der Waals surface area contributed by atoms with E-state index in [1.54, 1.807) is 0 Å². The van der Waals surface area contributed by atoms with Gasteiger partial charge in [0.05, 0.1) is 18.4 Å². The topological polar surface area (TPSA) is 68.2 Å². The van der Waals surface area contributed by atoms with E-state index in [4.69, 9.17) is 17.0 Å². The summed E-state index contributed by atoms with van der Waals surface area (Å²) in [6, 6.07) is 0. The highest BCUT2D eigenvalue weighted by Gasteiger charge is 2.22. The molecule has 2 rings (SSSR count). The van der Waals surface area contributed by atoms with Crippen LogP contribution in [0.4, 0.5) is 5.00 Å². The van der Waals surface area contributed by atoms with Gasteiger partial charge in [-0.25, -0.2) is 4.79 Å². The van der Waals surface area contributed by atoms with Crippen LogP contribution in [0.1, 0.15) is 44.7 Å². The van der Waals surface area contributed by atoms with Crippen LogP contribution in [0.15, 0.2) is 0 Å². The summed E-state index contributed by atoms with van der Waals surface area (Å²) in [5, 5.41) is 11.9. The quantitative estimate of drug-likeness (QED) is 0.613. The first-order valence-corrected chi connectivity index (χ1v) is 9.27. The summed E-state index contributed by atoms with van der Waals surface area (Å²) in [6.45, 7) is 8.61. The predicted molar refractivity (Wildman–Crippen MR) is 106 cm³/mol. The first-order valence-electron chi connectivity index (χ1n) is 8.04. The third-order valence-corrected chi connectivity index (χ3v) is 5.57. The van der Waals surface area contributed by atoms with Crippen molar-refractivity contribution in [3.8, 4) is 0 Å². The molecule has 2 aromatic rings. The van der Waals surface area contributed by atoms with E-state index in [-0.39, 0.29) is 5.97 Å². The number of anilines is 1. The summed E-state index contributed by atoms with van der Waals surface area (Å²) < 4.78 is 6.79. The van der Waals surface area contributed by atoms with Crippen LogP contribution in [-0.4, -0.2) is 28.0 Å². The lowest BCUT2D eigenvalue weighted by Gasteiger charge is -2.11. The molecular weight excluding hydrogens is 356 g/mol. The van der Waals surface area contributed by atoms with Crippen LogP contribution in [-0.2, 0) is 24.8 Å². The second-order valence-corrected chi connectivity index (χ2v) is 7.40. The molecule has 0 saturated heterocycles. The maximum Gasteiger partial charge on any atom is 0.341 e. The zero-order valence-electron chi connectivity index (χ0n) is 15.4. The van der Waals surface area contributed by atoms with Crippen LogP contribution in [0.3, 0.4) is 0 Å². The van der Waals surface area contributed by atoms with E-state index < -0.39 is 0 Å². The number of methoxy groups -OCH3 is 1. The number of carbonyl (C=O) groups excluding carboxylic acids is 1. The lowest BCUT2D eigenvalue weighted by Crippen LogP contribution is -2.28. The number of ether oxygens (including phenoxy) is 1. The van der Waals surface area contributed by atoms with Gasteiger partial charge in [0.15, 0.2) is 5.11 Å². The van der Waals surface area contributed by atoms with Crippen molar-refractivity contribution >= 4 is 39.6 Å². The molecule has 0 bridgehead atoms. The molecule has 0 aliphatic heterocycles. The van der Waals surface area contributed by atoms with Crippen molar-refractivity contribution in [2.75, 3.05) is 12.4 Å². The molecule has 136 valence electrons. The number of hydrogen-bond donors (Lipinski definition) is 2. The molecule has 0 radical (unpaired) electrons. The van der Waals surface area contributed by atoms with Gasteiger partial charge in [0.1, 0.15) is 5.00 Å². The average Bonchev–Trinajstić information content (AvgIpc) is 3.00. The van der Waals surface area contributed by atoms with Gasteiger partial charge in [-0.05, 0) is 45.0 Å². The van der Waals surface area contributed by atoms with Crippen LogP contribution in [0, 0.1) is 20.8 Å². The van der Waals surface area contributed by atoms with Gasteiger partial charge < -0.3 is 15.4 Å². The van der Waals surface area contributed by atoms with Crippen LogP contribution < -0.4 is 10.6 Å². The van der Waals surface area contributed by atoms with E-state index in [2.05, 4.69) is 15.7 Å². The normalized spacial score (nSPS) is 10.6. The van der Waals surface area contributed by atoms with Crippen molar-refractivity contribution < 1.29 is 9.53 Å². The van der Waals surface area contributed by atoms with E-state index in [9.17, 15) is 4.79 Å². The van der Waals surface area contributed by atoms with Crippen LogP contribution in [0.5, 0.6) is 0 Å². The van der Waals surface area contributed by atoms with Crippen molar-refractivity contribution in [2.45, 2.75) is 40.7 Å². The largest absolute Gasteiger partial charge is 0.465 e. The number of esters is 1. The highest BCUT2D eigenvalue weighted by molar-refractivity contribution is 7.80. The Bertz CT molecular complexity index is 808. The van der Waals surface area contributed by atoms with Crippen LogP contribution in [0.25, 0.3) is 0 Å². The minimum atomic E-state index is -0.342. The van der Waals surface area contributed by atoms with E-state index in [0.717, 1.165) is 38.8 Å². The van der Waals surface area contributed by atoms with Gasteiger partial charge in [0.2, 0.25) is 0 Å². The molecule has 0 saturated carbocycles. The average molecular weight is 381 g/mol. The summed E-state index contributed by atoms with van der Waals surface area (Å²) in [5.41, 5.74) is 4.78. The fourth-order valence-corrected chi connectivity index (χ4v) is 4.18. The molecule has 0 aromatic carbocycles. The van der Waals surface area contributed by atoms with Gasteiger partial charge in [0, 0.05) is 29.7 Å². The van der Waals surface area contributed by atoms with Crippen molar-refractivity contribution in [2.24, 2.45) is 7.05 Å². The molecule has 2 aromatic heterocycles. The third-order valence-electron chi connectivity index (χ3n) is 4.26. The Kier molecular flexibility index (Phi) is 6.18. The summed E-state index contributed by atoms with van der Waals surface area (Å²) in [6.07, 6.45) is 0.767. The van der Waals surface area contributed by atoms with Gasteiger partial charge >= 0.3 is 5.97 Å². The first-order chi connectivity index (χ1) is 11.8. The zero-order valence-corrected chi connectivity index (χ0v) is 17.1. The Morgan fingerprint density at radius 1 is 1.32 bits per heavy atom. The lowest BCUT2D eigenvalue weighted by molar-refractivity contribution is 0.0601. The molecule has 0 amide bonds. The molecule has 2 heterocycles. The van der Waals surface area contributed by atoms with Crippen LogP contribution in [0.2, 0.25) is 0 Å². The number of thiophene rings is 1. The maximum atomic E-state index is 12.1. The van der Waals surface area contributed by atoms with E-state index in [1.165, 1.54) is 18.4 Å². The first kappa shape index (κ1) is 19.4. The van der Waals surface area contributed by atoms with Crippen molar-refractivity contribution in [3.63, 3.8) is 0 Å². The molecule has 0 unspecified atom stereocenters. The summed E-state index contributed by atoms with van der Waals surface area (Å²) in [4.78, 5) is 13.2. The minimum Gasteiger partial charge on any atom is -0.465 e. The second-order valence-electron chi connectivity index (χ2n) is 5.77. The van der Waals surface area contributed by atoms with Gasteiger partial charge in [-0.2, -0.15) is 5.10 Å². The van der Waals surface area contributed by atoms with Crippen LogP contribution >= 0.6 is 23.6 Å². The van der Waals surface area contributed by atoms with Gasteiger partial charge in [0.25, 0.3) is 0 Å². The Morgan fingerprint density at radius 3 is 2.52 bits per heavy atom. The Morgan fingerprint density at radius 2 is 2.00 bits per heavy atom. The smallest absolute Gasteiger partial charge is 0.341 e. The number of nitrogens with zero attached hydrogens (tertiary/aromatic N) is 2. The number of hydrogen-bond acceptors (Lipinski definition) is 5. The molecule has 0 atom stereocenters. The number of carbonyl (C=O) groups is 1. The molecule has 0 aliphatic rings. The maximum absolute atomic E-state index is 12.1. The van der Waals surface area contributed by atoms with E-state index in [1.807, 2.05) is 39.4 Å². The SMILES string of the molecule is CCc1c(C)sc(NC(=S)NCc2c(C)nn(C)c2C)c1C(=O)OC. The third kappa shape index (κ3) is 4.01. The monoisotopic (exact) mass is 380 g/mol. The number of aromatic nitrogens is 2. The molecule has 0 spiro atoms. The standard InChI is InChI=1S/C17H24N4O2S2/c1-7-12-11(4)25-15(14(12)16(22)23-6)19-17(24)18-8-13-9(2)20-21(5)10(13)3/h7-8H2,1-6H3,(H2,18,19,24). The Balaban J connectivity index is 2.14. The van der Waals surface area contributed by atoms with E-state index >= 15 is 0 Å². The molecule has 6 nitrogen and oxygen atoms in total. The molecule has 0 fully saturated rings. The zero-order chi connectivity index (χ0) is 18.7. The Hall–Kier alpha value is -1.93. The van der Waals surface area contributed by atoms with Crippen molar-refractivity contribution in [1.29, 1.82) is 0 Å². The molecule has 2 N–H and O–H groups in total. The number of nitrogens with one attached hydrogen (secondary N) is 2. The molecule has 25 heavy (non-hydrogen) atoms. The fraction of sp³-hybridized carbons (Fsp3) is 0.471. The van der Waals surface area contributed by atoms with Gasteiger partial charge in [-0.1, -0.05) is 6.92 Å². The number of rotatable bonds is 5. The highest BCUT2D eigenvalue weighted by atomic mass is 32.1. The van der Waals surface area contributed by atoms with Gasteiger partial charge in [-0.3, -0.25) is 4.68 Å². The second kappa shape index (κ2) is 7.97. The molecule has 8 heteroatoms. The fourth-order valence-electron chi connectivity index (χ4n) is 2.80. The van der Waals surface area contributed by atoms with Crippen molar-refractivity contribution in [1.82, 2.24) is 15.1 Å². The summed E-state index contributed by atoms with van der Waals surface area (Å²) in [7, 11) is 3.31. The van der Waals surface area contributed by atoms with Crippen molar-refractivity contribution in [3.05, 3.63) is 33.0 Å². The number of aryl methyl sites for hydroxylation is 3. The summed E-state index contributed by atoms with van der Waals surface area (Å²) in [5.74, 6) is -0.342. The van der Waals surface area contributed by atoms with Gasteiger partial charge in [-0.15, -0.1) is 11.3 Å². The Labute approximate surface area is 157 Å². The molecular formula is C17H24N4O2S2. The molecule has 0 aliphatic carbocycles. The lowest BCUT2D eigenvalue weighted by atomic mass is 10.1. The summed E-state index contributed by atoms with van der Waals surface area (Å²) >= 11 is 6.92. The predicted octanol–water partition coefficient (Wildman–Crippen LogP) is 3.24. The number of thiocarbonyl (C=S) groups is 1. The minimum absolute atomic E-state index is 0.342.